The molecule has 2 fully saturated rings. The fraction of sp³-hybridized carbons (Fsp3) is 0.857. The molecule has 2 unspecified atom stereocenters. The summed E-state index contributed by atoms with van der Waals surface area (Å²) in [6, 6.07) is 0.0858. The van der Waals surface area contributed by atoms with Crippen LogP contribution in [0.2, 0.25) is 0 Å². The molecule has 2 N–H and O–H groups in total. The topological polar surface area (TPSA) is 46.3 Å². The first-order valence-corrected chi connectivity index (χ1v) is 7.87. The number of halogens is 3. The lowest BCUT2D eigenvalue weighted by Gasteiger charge is -2.35. The lowest BCUT2D eigenvalue weighted by atomic mass is 9.78. The Morgan fingerprint density at radius 3 is 2.33 bits per heavy atom. The van der Waals surface area contributed by atoms with E-state index in [2.05, 4.69) is 0 Å². The van der Waals surface area contributed by atoms with Crippen molar-refractivity contribution >= 4 is 23.1 Å². The molecule has 0 aliphatic heterocycles. The van der Waals surface area contributed by atoms with Gasteiger partial charge < -0.3 is 10.6 Å². The molecule has 2 aliphatic rings. The second-order valence-corrected chi connectivity index (χ2v) is 6.54. The average Bonchev–Trinajstić information content (AvgIpc) is 3.22. The van der Waals surface area contributed by atoms with E-state index in [9.17, 15) is 18.0 Å². The predicted molar refractivity (Wildman–Crippen MR) is 77.6 cm³/mol. The maximum absolute atomic E-state index is 13.1. The van der Waals surface area contributed by atoms with Crippen LogP contribution in [0.5, 0.6) is 0 Å². The van der Waals surface area contributed by atoms with E-state index >= 15 is 0 Å². The van der Waals surface area contributed by atoms with Gasteiger partial charge in [-0.25, -0.2) is 0 Å². The first kappa shape index (κ1) is 16.5. The molecule has 2 rings (SSSR count). The lowest BCUT2D eigenvalue weighted by Crippen LogP contribution is -2.46. The van der Waals surface area contributed by atoms with Crippen LogP contribution in [0.15, 0.2) is 0 Å². The van der Waals surface area contributed by atoms with Crippen molar-refractivity contribution in [3.8, 4) is 0 Å². The van der Waals surface area contributed by atoms with Crippen LogP contribution in [-0.4, -0.2) is 34.6 Å². The molecule has 0 bridgehead atoms. The monoisotopic (exact) mass is 322 g/mol. The fourth-order valence-corrected chi connectivity index (χ4v) is 3.21. The quantitative estimate of drug-likeness (QED) is 0.792. The minimum atomic E-state index is -4.29. The van der Waals surface area contributed by atoms with Gasteiger partial charge in [-0.2, -0.15) is 13.2 Å². The number of carbonyl (C=O) groups is 1. The van der Waals surface area contributed by atoms with Crippen molar-refractivity contribution in [2.75, 3.05) is 6.54 Å². The Bertz CT molecular complexity index is 410. The molecule has 3 nitrogen and oxygen atoms in total. The van der Waals surface area contributed by atoms with E-state index in [1.54, 1.807) is 4.90 Å². The van der Waals surface area contributed by atoms with Crippen LogP contribution in [-0.2, 0) is 4.79 Å². The van der Waals surface area contributed by atoms with E-state index in [4.69, 9.17) is 18.0 Å². The number of nitrogens with zero attached hydrogens (tertiary/aromatic N) is 1. The molecule has 0 aromatic heterocycles. The summed E-state index contributed by atoms with van der Waals surface area (Å²) in [7, 11) is 0. The molecule has 2 saturated carbocycles. The largest absolute Gasteiger partial charge is 0.393 e. The summed E-state index contributed by atoms with van der Waals surface area (Å²) >= 11 is 4.81. The Labute approximate surface area is 128 Å². The molecule has 120 valence electrons. The first-order chi connectivity index (χ1) is 9.80. The van der Waals surface area contributed by atoms with Crippen LogP contribution in [0.25, 0.3) is 0 Å². The highest BCUT2D eigenvalue weighted by molar-refractivity contribution is 7.80. The van der Waals surface area contributed by atoms with E-state index in [0.717, 1.165) is 12.8 Å². The fourth-order valence-electron chi connectivity index (χ4n) is 3.12. The summed E-state index contributed by atoms with van der Waals surface area (Å²) in [4.78, 5) is 14.5. The van der Waals surface area contributed by atoms with Crippen LogP contribution in [0.3, 0.4) is 0 Å². The van der Waals surface area contributed by atoms with Gasteiger partial charge in [0.1, 0.15) is 0 Å². The third-order valence-electron chi connectivity index (χ3n) is 4.37. The molecular weight excluding hydrogens is 301 g/mol. The molecule has 0 saturated heterocycles. The van der Waals surface area contributed by atoms with Crippen molar-refractivity contribution in [1.82, 2.24) is 4.90 Å². The summed E-state index contributed by atoms with van der Waals surface area (Å²) in [6.45, 7) is 0.347. The van der Waals surface area contributed by atoms with E-state index < -0.39 is 18.0 Å². The van der Waals surface area contributed by atoms with Crippen molar-refractivity contribution < 1.29 is 18.0 Å². The molecule has 0 aromatic carbocycles. The number of hydrogen-bond donors (Lipinski definition) is 1. The van der Waals surface area contributed by atoms with E-state index in [0.29, 0.717) is 37.2 Å². The minimum Gasteiger partial charge on any atom is -0.393 e. The van der Waals surface area contributed by atoms with Crippen molar-refractivity contribution in [2.45, 2.75) is 57.2 Å². The van der Waals surface area contributed by atoms with Gasteiger partial charge in [0.15, 0.2) is 0 Å². The Hall–Kier alpha value is -0.850. The zero-order valence-electron chi connectivity index (χ0n) is 11.9. The van der Waals surface area contributed by atoms with Crippen molar-refractivity contribution in [3.63, 3.8) is 0 Å². The number of amides is 1. The SMILES string of the molecule is NC(=S)CCN(C(=O)C1CCCCC1C(F)(F)F)C1CC1. The number of alkyl halides is 3. The van der Waals surface area contributed by atoms with Crippen molar-refractivity contribution in [1.29, 1.82) is 0 Å². The molecule has 21 heavy (non-hydrogen) atoms. The van der Waals surface area contributed by atoms with Crippen LogP contribution in [0, 0.1) is 11.8 Å². The number of rotatable bonds is 5. The molecule has 0 radical (unpaired) electrons. The van der Waals surface area contributed by atoms with Gasteiger partial charge in [0.2, 0.25) is 5.91 Å². The molecule has 2 aliphatic carbocycles. The maximum atomic E-state index is 13.1. The highest BCUT2D eigenvalue weighted by atomic mass is 32.1. The summed E-state index contributed by atoms with van der Waals surface area (Å²) in [5.74, 6) is -2.77. The zero-order chi connectivity index (χ0) is 15.6. The molecule has 0 heterocycles. The first-order valence-electron chi connectivity index (χ1n) is 7.46. The van der Waals surface area contributed by atoms with E-state index in [1.807, 2.05) is 0 Å². The van der Waals surface area contributed by atoms with Crippen LogP contribution < -0.4 is 5.73 Å². The minimum absolute atomic E-state index is 0.0632. The number of nitrogens with two attached hydrogens (primary N) is 1. The third-order valence-corrected chi connectivity index (χ3v) is 4.58. The maximum Gasteiger partial charge on any atom is 0.392 e. The predicted octanol–water partition coefficient (Wildman–Crippen LogP) is 3.02. The molecular formula is C14H21F3N2OS. The summed E-state index contributed by atoms with van der Waals surface area (Å²) < 4.78 is 39.4. The smallest absolute Gasteiger partial charge is 0.392 e. The number of carbonyl (C=O) groups excluding carboxylic acids is 1. The van der Waals surface area contributed by atoms with Gasteiger partial charge in [0.05, 0.1) is 10.9 Å². The molecule has 7 heteroatoms. The van der Waals surface area contributed by atoms with Gasteiger partial charge in [0.25, 0.3) is 0 Å². The normalized spacial score (nSPS) is 26.4. The van der Waals surface area contributed by atoms with Gasteiger partial charge in [-0.05, 0) is 25.7 Å². The van der Waals surface area contributed by atoms with Gasteiger partial charge in [-0.15, -0.1) is 0 Å². The van der Waals surface area contributed by atoms with Gasteiger partial charge >= 0.3 is 6.18 Å². The molecule has 2 atom stereocenters. The number of thiocarbonyl (C=S) groups is 1. The van der Waals surface area contributed by atoms with Gasteiger partial charge in [-0.1, -0.05) is 25.1 Å². The lowest BCUT2D eigenvalue weighted by molar-refractivity contribution is -0.201. The summed E-state index contributed by atoms with van der Waals surface area (Å²) in [6.07, 6.45) is -0.548. The van der Waals surface area contributed by atoms with Crippen molar-refractivity contribution in [2.24, 2.45) is 17.6 Å². The highest BCUT2D eigenvalue weighted by Gasteiger charge is 2.50. The van der Waals surface area contributed by atoms with Crippen LogP contribution >= 0.6 is 12.2 Å². The van der Waals surface area contributed by atoms with Crippen LogP contribution in [0.1, 0.15) is 44.9 Å². The zero-order valence-corrected chi connectivity index (χ0v) is 12.7. The van der Waals surface area contributed by atoms with E-state index in [1.165, 1.54) is 0 Å². The summed E-state index contributed by atoms with van der Waals surface area (Å²) in [5, 5.41) is 0. The Balaban J connectivity index is 2.08. The molecule has 0 aromatic rings. The summed E-state index contributed by atoms with van der Waals surface area (Å²) in [5.41, 5.74) is 5.45. The van der Waals surface area contributed by atoms with Gasteiger partial charge in [-0.3, -0.25) is 4.79 Å². The van der Waals surface area contributed by atoms with Gasteiger partial charge in [0, 0.05) is 24.9 Å². The third kappa shape index (κ3) is 4.31. The second kappa shape index (κ2) is 6.50. The van der Waals surface area contributed by atoms with Crippen LogP contribution in [0.4, 0.5) is 13.2 Å². The second-order valence-electron chi connectivity index (χ2n) is 6.02. The van der Waals surface area contributed by atoms with E-state index in [-0.39, 0.29) is 18.4 Å². The van der Waals surface area contributed by atoms with Crippen molar-refractivity contribution in [3.05, 3.63) is 0 Å². The standard InChI is InChI=1S/C14H21F3N2OS/c15-14(16,17)11-4-2-1-3-10(11)13(20)19(9-5-6-9)8-7-12(18)21/h9-11H,1-8H2,(H2,18,21). The Kier molecular flexibility index (Phi) is 5.11. The Morgan fingerprint density at radius 1 is 1.19 bits per heavy atom. The number of hydrogen-bond acceptors (Lipinski definition) is 2. The average molecular weight is 322 g/mol. The molecule has 0 spiro atoms. The Morgan fingerprint density at radius 2 is 1.81 bits per heavy atom. The highest BCUT2D eigenvalue weighted by Crippen LogP contribution is 2.43. The molecule has 1 amide bonds.